The quantitative estimate of drug-likeness (QED) is 0.252. The molecule has 3 aromatic heterocycles. The van der Waals surface area contributed by atoms with Crippen molar-refractivity contribution >= 4 is 9.84 Å². The molecule has 4 aromatic rings. The molecule has 0 spiro atoms. The molecule has 13 heteroatoms. The average molecular weight is 583 g/mol. The van der Waals surface area contributed by atoms with Crippen LogP contribution in [-0.2, 0) is 20.3 Å². The van der Waals surface area contributed by atoms with Gasteiger partial charge >= 0.3 is 0 Å². The molecular weight excluding hydrogens is 548 g/mol. The fourth-order valence-electron chi connectivity index (χ4n) is 4.30. The van der Waals surface area contributed by atoms with Gasteiger partial charge in [0.2, 0.25) is 0 Å². The van der Waals surface area contributed by atoms with Gasteiger partial charge in [0.15, 0.2) is 27.3 Å². The molecule has 3 atom stereocenters. The Balaban J connectivity index is 1.80. The van der Waals surface area contributed by atoms with Gasteiger partial charge in [-0.25, -0.2) is 23.4 Å². The molecule has 0 bridgehead atoms. The number of aromatic nitrogens is 6. The first kappa shape index (κ1) is 30.2. The molecule has 0 unspecified atom stereocenters. The van der Waals surface area contributed by atoms with Crippen molar-refractivity contribution in [3.8, 4) is 23.0 Å². The van der Waals surface area contributed by atoms with Crippen LogP contribution in [0.3, 0.4) is 0 Å². The van der Waals surface area contributed by atoms with Crippen molar-refractivity contribution in [2.24, 2.45) is 0 Å². The minimum Gasteiger partial charge on any atom is -0.495 e. The van der Waals surface area contributed by atoms with Crippen molar-refractivity contribution < 1.29 is 28.1 Å². The first-order chi connectivity index (χ1) is 19.6. The number of methoxy groups -OCH3 is 1. The van der Waals surface area contributed by atoms with Gasteiger partial charge in [-0.2, -0.15) is 0 Å². The molecule has 0 amide bonds. The molecule has 12 nitrogen and oxygen atoms in total. The van der Waals surface area contributed by atoms with Gasteiger partial charge in [0.25, 0.3) is 0 Å². The van der Waals surface area contributed by atoms with Gasteiger partial charge in [0, 0.05) is 18.1 Å². The van der Waals surface area contributed by atoms with E-state index in [1.807, 2.05) is 45.0 Å². The Kier molecular flexibility index (Phi) is 9.43. The number of hydrogen-bond donors (Lipinski definition) is 2. The van der Waals surface area contributed by atoms with E-state index in [1.54, 1.807) is 29.1 Å². The summed E-state index contributed by atoms with van der Waals surface area (Å²) in [6.07, 6.45) is 0.800. The van der Waals surface area contributed by atoms with Crippen LogP contribution in [0.4, 0.5) is 0 Å². The summed E-state index contributed by atoms with van der Waals surface area (Å²) in [5.74, 6) is 0.668. The molecule has 0 saturated carbocycles. The van der Waals surface area contributed by atoms with E-state index in [4.69, 9.17) is 9.47 Å². The van der Waals surface area contributed by atoms with Crippen LogP contribution in [0.1, 0.15) is 41.5 Å². The fraction of sp³-hybridized carbons (Fsp3) is 0.393. The third kappa shape index (κ3) is 6.76. The van der Waals surface area contributed by atoms with E-state index in [0.717, 1.165) is 16.8 Å². The Morgan fingerprint density at radius 1 is 1.02 bits per heavy atom. The summed E-state index contributed by atoms with van der Waals surface area (Å²) in [5.41, 5.74) is 3.48. The Labute approximate surface area is 239 Å². The second kappa shape index (κ2) is 12.8. The lowest BCUT2D eigenvalue weighted by molar-refractivity contribution is -0.0324. The van der Waals surface area contributed by atoms with Gasteiger partial charge in [0.1, 0.15) is 29.4 Å². The van der Waals surface area contributed by atoms with E-state index in [2.05, 4.69) is 25.1 Å². The first-order valence-corrected chi connectivity index (χ1v) is 14.7. The summed E-state index contributed by atoms with van der Waals surface area (Å²) in [4.78, 5) is 13.1. The maximum Gasteiger partial charge on any atom is 0.187 e. The molecule has 0 aliphatic heterocycles. The van der Waals surface area contributed by atoms with E-state index < -0.39 is 39.7 Å². The van der Waals surface area contributed by atoms with Crippen molar-refractivity contribution in [1.29, 1.82) is 0 Å². The zero-order valence-electron chi connectivity index (χ0n) is 23.6. The number of benzene rings is 1. The molecule has 218 valence electrons. The minimum atomic E-state index is -4.00. The van der Waals surface area contributed by atoms with Crippen molar-refractivity contribution in [3.63, 3.8) is 0 Å². The molecule has 0 aliphatic carbocycles. The Bertz CT molecular complexity index is 1590. The van der Waals surface area contributed by atoms with Gasteiger partial charge in [-0.15, -0.1) is 10.2 Å². The second-order valence-corrected chi connectivity index (χ2v) is 12.1. The molecule has 0 radical (unpaired) electrons. The molecule has 1 aromatic carbocycles. The maximum atomic E-state index is 13.9. The number of ether oxygens (including phenoxy) is 2. The highest BCUT2D eigenvalue weighted by Crippen LogP contribution is 2.33. The predicted molar refractivity (Wildman–Crippen MR) is 151 cm³/mol. The molecular formula is C28H34N6O6S. The number of aryl methyl sites for hydroxylation is 3. The number of rotatable bonds is 12. The molecule has 0 fully saturated rings. The lowest BCUT2D eigenvalue weighted by Gasteiger charge is -2.24. The van der Waals surface area contributed by atoms with E-state index in [0.29, 0.717) is 23.0 Å². The summed E-state index contributed by atoms with van der Waals surface area (Å²) in [7, 11) is -2.46. The fourth-order valence-corrected chi connectivity index (χ4v) is 5.68. The van der Waals surface area contributed by atoms with Gasteiger partial charge in [-0.3, -0.25) is 4.57 Å². The summed E-state index contributed by atoms with van der Waals surface area (Å²) in [6, 6.07) is 11.0. The average Bonchev–Trinajstić information content (AvgIpc) is 3.35. The van der Waals surface area contributed by atoms with Crippen LogP contribution in [0.15, 0.2) is 48.8 Å². The maximum absolute atomic E-state index is 13.9. The van der Waals surface area contributed by atoms with Crippen LogP contribution in [0.2, 0.25) is 0 Å². The highest BCUT2D eigenvalue weighted by atomic mass is 32.2. The largest absolute Gasteiger partial charge is 0.495 e. The van der Waals surface area contributed by atoms with Crippen LogP contribution in [-0.4, -0.2) is 80.0 Å². The van der Waals surface area contributed by atoms with E-state index in [-0.39, 0.29) is 18.3 Å². The normalized spacial score (nSPS) is 14.0. The lowest BCUT2D eigenvalue weighted by atomic mass is 10.1. The standard InChI is InChI=1S/C28H34N6O6S/c1-17-12-29-27(30-13-17)26(40-15-21(36)14-35)20(4)41(37,38)16-24-32-33-28(22-10-7-9-19(3)31-22)34(24)25-18(2)8-6-11-23(25)39-5/h6-13,20-21,26,35-36H,14-16H2,1-5H3/t20-,21-,26-/m0/s1. The predicted octanol–water partition coefficient (Wildman–Crippen LogP) is 2.47. The van der Waals surface area contributed by atoms with E-state index in [1.165, 1.54) is 14.0 Å². The van der Waals surface area contributed by atoms with Crippen LogP contribution in [0, 0.1) is 20.8 Å². The molecule has 0 aliphatic rings. The van der Waals surface area contributed by atoms with E-state index in [9.17, 15) is 18.6 Å². The van der Waals surface area contributed by atoms with Crippen molar-refractivity contribution in [2.45, 2.75) is 50.9 Å². The lowest BCUT2D eigenvalue weighted by Crippen LogP contribution is -2.33. The van der Waals surface area contributed by atoms with Crippen molar-refractivity contribution in [3.05, 3.63) is 77.3 Å². The molecule has 2 N–H and O–H groups in total. The van der Waals surface area contributed by atoms with Gasteiger partial charge in [-0.05, 0) is 57.0 Å². The van der Waals surface area contributed by atoms with Crippen LogP contribution < -0.4 is 4.74 Å². The number of hydrogen-bond acceptors (Lipinski definition) is 11. The van der Waals surface area contributed by atoms with E-state index >= 15 is 0 Å². The molecule has 41 heavy (non-hydrogen) atoms. The SMILES string of the molecule is COc1cccc(C)c1-n1c(CS(=O)(=O)[C@@H](C)[C@H](OC[C@@H](O)CO)c2ncc(C)cn2)nnc1-c1cccc(C)n1. The number of sulfone groups is 1. The number of aliphatic hydroxyl groups excluding tert-OH is 2. The van der Waals surface area contributed by atoms with Crippen molar-refractivity contribution in [2.75, 3.05) is 20.3 Å². The second-order valence-electron chi connectivity index (χ2n) is 9.79. The zero-order chi connectivity index (χ0) is 29.7. The molecule has 0 saturated heterocycles. The number of nitrogens with zero attached hydrogens (tertiary/aromatic N) is 6. The topological polar surface area (TPSA) is 162 Å². The minimum absolute atomic E-state index is 0.142. The summed E-state index contributed by atoms with van der Waals surface area (Å²) in [5, 5.41) is 26.6. The molecule has 4 rings (SSSR count). The number of para-hydroxylation sites is 1. The Morgan fingerprint density at radius 2 is 1.73 bits per heavy atom. The number of aliphatic hydroxyl groups is 2. The third-order valence-corrected chi connectivity index (χ3v) is 8.59. The summed E-state index contributed by atoms with van der Waals surface area (Å²) in [6.45, 7) is 6.19. The molecule has 3 heterocycles. The summed E-state index contributed by atoms with van der Waals surface area (Å²) < 4.78 is 41.0. The Hall–Kier alpha value is -3.78. The first-order valence-electron chi connectivity index (χ1n) is 13.0. The van der Waals surface area contributed by atoms with Crippen LogP contribution >= 0.6 is 0 Å². The Morgan fingerprint density at radius 3 is 2.39 bits per heavy atom. The smallest absolute Gasteiger partial charge is 0.187 e. The monoisotopic (exact) mass is 582 g/mol. The van der Waals surface area contributed by atoms with Crippen molar-refractivity contribution in [1.82, 2.24) is 29.7 Å². The zero-order valence-corrected chi connectivity index (χ0v) is 24.4. The van der Waals surface area contributed by atoms with Crippen LogP contribution in [0.5, 0.6) is 5.75 Å². The summed E-state index contributed by atoms with van der Waals surface area (Å²) >= 11 is 0. The van der Waals surface area contributed by atoms with Gasteiger partial charge in [-0.1, -0.05) is 18.2 Å². The van der Waals surface area contributed by atoms with Crippen LogP contribution in [0.25, 0.3) is 17.2 Å². The third-order valence-electron chi connectivity index (χ3n) is 6.55. The van der Waals surface area contributed by atoms with Gasteiger partial charge in [0.05, 0.1) is 31.3 Å². The van der Waals surface area contributed by atoms with Gasteiger partial charge < -0.3 is 19.7 Å². The number of pyridine rings is 1. The highest BCUT2D eigenvalue weighted by Gasteiger charge is 2.36. The highest BCUT2D eigenvalue weighted by molar-refractivity contribution is 7.91.